The van der Waals surface area contributed by atoms with Crippen LogP contribution in [0.1, 0.15) is 70.8 Å². The van der Waals surface area contributed by atoms with Gasteiger partial charge in [-0.05, 0) is 98.6 Å². The number of ether oxygens (including phenoxy) is 3. The van der Waals surface area contributed by atoms with Gasteiger partial charge < -0.3 is 53.4 Å². The highest BCUT2D eigenvalue weighted by Gasteiger charge is 2.48. The van der Waals surface area contributed by atoms with Crippen LogP contribution in [0.5, 0.6) is 11.8 Å². The Labute approximate surface area is 714 Å². The number of pyridine rings is 9. The van der Waals surface area contributed by atoms with E-state index in [1.807, 2.05) is 75.3 Å². The number of fused-ring (bicyclic) bond motifs is 10. The van der Waals surface area contributed by atoms with E-state index in [2.05, 4.69) is 201 Å². The zero-order valence-electron chi connectivity index (χ0n) is 69.2. The topological polar surface area (TPSA) is 264 Å². The molecule has 24 heterocycles. The Balaban J connectivity index is 0.000000116. The Morgan fingerprint density at radius 2 is 0.844 bits per heavy atom. The first-order valence-electron chi connectivity index (χ1n) is 42.6. The molecule has 6 unspecified atom stereocenters. The predicted molar refractivity (Wildman–Crippen MR) is 470 cm³/mol. The first-order valence-corrected chi connectivity index (χ1v) is 43.0. The molecule has 30 heteroatoms. The number of hydrogen-bond acceptors (Lipinski definition) is 26. The standard InChI is InChI=1S/C31H29ClN8O.C31H35N9O.C30H33N9O/c32-30-22(14-34-28-3-1-2-26(28)30)16-39-24-10-25(39)18-38(17-24)29-5-4-20(13-35-29)27-11-23(37-6-8-41-9-7-37)19-40-31(27)21(12-33)15-36-40;1-3-36-8-10-37(11-9-36)25-13-28(31-24(14-32)17-35-40(31)21-25)23-5-6-29(33-16-23)38-19-26-12-27(20-38)39(26)18-22-4-7-30(41-2)34-15-22;1-35-7-9-36(10-8-35)24-12-27(30-23(13-31)16-34-39(30)20-24)22-4-5-28(32-15-22)37-18-25-11-26(19-37)38(25)17-21-3-6-29(40-2)33-14-21/h1-2,4-5,11,13-15,19,24-25H,3,6-10,16-18H2;4-7,13,15-17,21,26-27H,3,8-12,18-20H2,1-2H3;3-6,12,14-16,20,25-26H,7-11,17-19H2,1-2H3. The number of morpholine rings is 1. The molecule has 25 rings (SSSR count). The molecule has 12 aliphatic heterocycles. The minimum atomic E-state index is 0.477. The molecule has 122 heavy (non-hydrogen) atoms. The van der Waals surface area contributed by atoms with Crippen LogP contribution in [-0.2, 0) is 30.8 Å². The van der Waals surface area contributed by atoms with Crippen molar-refractivity contribution in [1.82, 2.24) is 83.2 Å². The number of allylic oxidation sites excluding steroid dienone is 1. The van der Waals surface area contributed by atoms with Crippen LogP contribution in [0.25, 0.3) is 56.0 Å². The fraction of sp³-hybridized carbons (Fsp3) is 0.391. The van der Waals surface area contributed by atoms with E-state index in [0.29, 0.717) is 77.9 Å². The molecule has 6 atom stereocenters. The number of piperidine rings is 3. The van der Waals surface area contributed by atoms with Crippen LogP contribution < -0.4 is 38.9 Å². The van der Waals surface area contributed by atoms with Crippen molar-refractivity contribution >= 4 is 68.7 Å². The second-order valence-corrected chi connectivity index (χ2v) is 34.0. The summed E-state index contributed by atoms with van der Waals surface area (Å²) < 4.78 is 21.5. The van der Waals surface area contributed by atoms with Crippen LogP contribution in [0.3, 0.4) is 0 Å². The molecule has 0 spiro atoms. The second kappa shape index (κ2) is 33.6. The molecule has 13 aliphatic rings. The van der Waals surface area contributed by atoms with Crippen molar-refractivity contribution in [2.24, 2.45) is 0 Å². The van der Waals surface area contributed by atoms with Crippen LogP contribution in [0, 0.1) is 34.0 Å². The summed E-state index contributed by atoms with van der Waals surface area (Å²) >= 11 is 6.76. The third-order valence-corrected chi connectivity index (χ3v) is 27.1. The van der Waals surface area contributed by atoms with Gasteiger partial charge in [-0.1, -0.05) is 42.8 Å². The van der Waals surface area contributed by atoms with E-state index in [0.717, 1.165) is 244 Å². The molecule has 12 aromatic heterocycles. The van der Waals surface area contributed by atoms with Crippen LogP contribution >= 0.6 is 11.6 Å². The minimum Gasteiger partial charge on any atom is -0.481 e. The van der Waals surface area contributed by atoms with E-state index in [9.17, 15) is 15.8 Å². The number of likely N-dealkylation sites (N-methyl/N-ethyl adjacent to an activating group) is 2. The van der Waals surface area contributed by atoms with Crippen LogP contribution in [0.4, 0.5) is 34.5 Å². The Morgan fingerprint density at radius 1 is 0.443 bits per heavy atom. The number of rotatable bonds is 18. The van der Waals surface area contributed by atoms with Crippen molar-refractivity contribution in [3.8, 4) is 63.3 Å². The maximum atomic E-state index is 9.80. The van der Waals surface area contributed by atoms with E-state index in [1.165, 1.54) is 30.4 Å². The van der Waals surface area contributed by atoms with Gasteiger partial charge in [0, 0.05) is 261 Å². The van der Waals surface area contributed by atoms with Gasteiger partial charge >= 0.3 is 0 Å². The van der Waals surface area contributed by atoms with Crippen LogP contribution in [0.2, 0.25) is 5.02 Å². The molecule has 0 N–H and O–H groups in total. The van der Waals surface area contributed by atoms with Crippen molar-refractivity contribution in [1.29, 1.82) is 15.8 Å². The molecular weight excluding hydrogens is 1550 g/mol. The molecule has 12 saturated heterocycles. The highest BCUT2D eigenvalue weighted by molar-refractivity contribution is 6.33. The van der Waals surface area contributed by atoms with E-state index >= 15 is 0 Å². The quantitative estimate of drug-likeness (QED) is 0.0773. The zero-order valence-corrected chi connectivity index (χ0v) is 69.9. The lowest BCUT2D eigenvalue weighted by Crippen LogP contribution is -2.68. The normalized spacial score (nSPS) is 21.4. The van der Waals surface area contributed by atoms with E-state index < -0.39 is 0 Å². The third-order valence-electron chi connectivity index (χ3n) is 26.7. The summed E-state index contributed by atoms with van der Waals surface area (Å²) in [5.74, 6) is 4.30. The lowest BCUT2D eigenvalue weighted by molar-refractivity contribution is -0.00879. The van der Waals surface area contributed by atoms with Gasteiger partial charge in [-0.25, -0.2) is 38.5 Å². The van der Waals surface area contributed by atoms with Crippen molar-refractivity contribution in [3.63, 3.8) is 0 Å². The van der Waals surface area contributed by atoms with Gasteiger partial charge in [-0.3, -0.25) is 19.7 Å². The van der Waals surface area contributed by atoms with Crippen molar-refractivity contribution in [3.05, 3.63) is 209 Å². The SMILES string of the molecule is CCN1CCN(c2cc(-c3ccc(N4CC5CC(C4)N5Cc4ccc(OC)nc4)nc3)c3c(C#N)cnn3c2)CC1.COc1ccc(CN2C3CC2CN(c2ccc(-c4cc(N5CCN(C)CC5)cn5ncc(C#N)c45)cn2)C3)cn1.N#Cc1cnn2cc(N3CCOCC3)cc(-c3ccc(N4CC5CC(C4)N5Cc4cnc5c(c4Cl)C=CC5)nc3)c12. The van der Waals surface area contributed by atoms with Gasteiger partial charge in [0.1, 0.15) is 35.7 Å². The van der Waals surface area contributed by atoms with Crippen LogP contribution in [0.15, 0.2) is 159 Å². The first kappa shape index (κ1) is 78.2. The van der Waals surface area contributed by atoms with Gasteiger partial charge in [0.15, 0.2) is 0 Å². The van der Waals surface area contributed by atoms with Crippen molar-refractivity contribution < 1.29 is 14.2 Å². The van der Waals surface area contributed by atoms with Gasteiger partial charge in [-0.2, -0.15) is 31.1 Å². The summed E-state index contributed by atoms with van der Waals surface area (Å²) in [6.07, 6.45) is 31.4. The molecule has 29 nitrogen and oxygen atoms in total. The lowest BCUT2D eigenvalue weighted by Gasteiger charge is -2.56. The second-order valence-electron chi connectivity index (χ2n) is 33.6. The Hall–Kier alpha value is -12.4. The summed E-state index contributed by atoms with van der Waals surface area (Å²) in [5, 5.41) is 43.7. The summed E-state index contributed by atoms with van der Waals surface area (Å²) in [5.41, 5.74) is 19.1. The van der Waals surface area contributed by atoms with Crippen LogP contribution in [-0.4, -0.2) is 265 Å². The van der Waals surface area contributed by atoms with Gasteiger partial charge in [0.25, 0.3) is 0 Å². The molecular formula is C92H97ClN26O3. The largest absolute Gasteiger partial charge is 0.481 e. The highest BCUT2D eigenvalue weighted by Crippen LogP contribution is 2.43. The Kier molecular flexibility index (Phi) is 21.5. The van der Waals surface area contributed by atoms with Gasteiger partial charge in [0.05, 0.1) is 126 Å². The van der Waals surface area contributed by atoms with E-state index in [4.69, 9.17) is 40.8 Å². The fourth-order valence-electron chi connectivity index (χ4n) is 19.7. The number of nitrogens with zero attached hydrogens (tertiary/aromatic N) is 26. The molecule has 0 radical (unpaired) electrons. The molecule has 620 valence electrons. The predicted octanol–water partition coefficient (Wildman–Crippen LogP) is 10.3. The maximum Gasteiger partial charge on any atom is 0.212 e. The number of hydrogen-bond donors (Lipinski definition) is 0. The Morgan fingerprint density at radius 3 is 1.21 bits per heavy atom. The summed E-state index contributed by atoms with van der Waals surface area (Å²) in [6, 6.07) is 37.4. The lowest BCUT2D eigenvalue weighted by atomic mass is 9.86. The smallest absolute Gasteiger partial charge is 0.212 e. The van der Waals surface area contributed by atoms with Gasteiger partial charge in [-0.15, -0.1) is 0 Å². The zero-order chi connectivity index (χ0) is 82.6. The molecule has 12 aromatic rings. The Bertz CT molecular complexity index is 5960. The molecule has 0 amide bonds. The average Bonchev–Trinajstić information content (AvgIpc) is 0.867. The number of methoxy groups -OCH3 is 2. The van der Waals surface area contributed by atoms with Crippen molar-refractivity contribution in [2.75, 3.05) is 175 Å². The first-order chi connectivity index (χ1) is 59.9. The van der Waals surface area contributed by atoms with Crippen molar-refractivity contribution in [2.45, 2.75) is 88.5 Å². The minimum absolute atomic E-state index is 0.477. The molecule has 1 aliphatic carbocycles. The molecule has 0 saturated carbocycles. The third kappa shape index (κ3) is 15.2. The highest BCUT2D eigenvalue weighted by atomic mass is 35.5. The molecule has 6 bridgehead atoms. The number of aromatic nitrogens is 12. The number of anilines is 6. The van der Waals surface area contributed by atoms with Gasteiger partial charge in [0.2, 0.25) is 11.8 Å². The fourth-order valence-corrected chi connectivity index (χ4v) is 20.0. The van der Waals surface area contributed by atoms with E-state index in [-0.39, 0.29) is 0 Å². The average molecular weight is 1650 g/mol. The maximum absolute atomic E-state index is 9.80. The monoisotopic (exact) mass is 1650 g/mol. The summed E-state index contributed by atoms with van der Waals surface area (Å²) in [6.45, 7) is 22.8. The van der Waals surface area contributed by atoms with E-state index in [1.54, 1.807) is 32.8 Å². The number of nitriles is 3. The number of piperazine rings is 5. The summed E-state index contributed by atoms with van der Waals surface area (Å²) in [7, 11) is 5.45. The summed E-state index contributed by atoms with van der Waals surface area (Å²) in [4.78, 5) is 55.0. The number of halogens is 1. The molecule has 12 fully saturated rings. The molecule has 0 aromatic carbocycles.